The second kappa shape index (κ2) is 11.2. The van der Waals surface area contributed by atoms with Crippen LogP contribution in [0.25, 0.3) is 0 Å². The fourth-order valence-electron chi connectivity index (χ4n) is 3.21. The number of hydrogen-bond acceptors (Lipinski definition) is 2. The molecule has 0 aliphatic carbocycles. The van der Waals surface area contributed by atoms with Crippen molar-refractivity contribution in [2.75, 3.05) is 0 Å². The lowest BCUT2D eigenvalue weighted by molar-refractivity contribution is -0.519. The molecule has 1 unspecified atom stereocenters. The van der Waals surface area contributed by atoms with Crippen molar-refractivity contribution in [3.63, 3.8) is 0 Å². The number of nitrogens with zero attached hydrogens (tertiary/aromatic N) is 1. The molecule has 136 valence electrons. The lowest BCUT2D eigenvalue weighted by atomic mass is 9.80. The molecule has 24 heavy (non-hydrogen) atoms. The number of rotatable bonds is 13. The summed E-state index contributed by atoms with van der Waals surface area (Å²) in [5, 5.41) is 10.5. The van der Waals surface area contributed by atoms with Gasteiger partial charge in [-0.15, -0.1) is 0 Å². The van der Waals surface area contributed by atoms with Crippen LogP contribution in [0.2, 0.25) is 0 Å². The Morgan fingerprint density at radius 2 is 1.42 bits per heavy atom. The zero-order valence-electron chi connectivity index (χ0n) is 15.8. The van der Waals surface area contributed by atoms with Crippen LogP contribution in [0.15, 0.2) is 30.3 Å². The van der Waals surface area contributed by atoms with Crippen molar-refractivity contribution >= 4 is 0 Å². The molecular weight excluding hydrogens is 298 g/mol. The largest absolute Gasteiger partial charge is 0.264 e. The molecule has 0 aliphatic heterocycles. The Morgan fingerprint density at radius 3 is 1.96 bits per heavy atom. The van der Waals surface area contributed by atoms with Gasteiger partial charge in [0.05, 0.1) is 0 Å². The van der Waals surface area contributed by atoms with Gasteiger partial charge in [-0.05, 0) is 23.8 Å². The van der Waals surface area contributed by atoms with Gasteiger partial charge in [0.2, 0.25) is 6.04 Å². The summed E-state index contributed by atoms with van der Waals surface area (Å²) in [6.07, 6.45) is 11.8. The van der Waals surface area contributed by atoms with E-state index in [0.717, 1.165) is 19.3 Å². The Bertz CT molecular complexity index is 456. The summed E-state index contributed by atoms with van der Waals surface area (Å²) in [4.78, 5) is 10.4. The van der Waals surface area contributed by atoms with Crippen LogP contribution < -0.4 is 0 Å². The van der Waals surface area contributed by atoms with Crippen molar-refractivity contribution in [3.05, 3.63) is 46.0 Å². The molecule has 0 aliphatic rings. The summed E-state index contributed by atoms with van der Waals surface area (Å²) >= 11 is 0. The average Bonchev–Trinajstić information content (AvgIpc) is 2.57. The van der Waals surface area contributed by atoms with Crippen molar-refractivity contribution in [1.29, 1.82) is 0 Å². The Balaban J connectivity index is 1.98. The lowest BCUT2D eigenvalue weighted by Gasteiger charge is -2.25. The van der Waals surface area contributed by atoms with Crippen molar-refractivity contribution in [1.82, 2.24) is 0 Å². The lowest BCUT2D eigenvalue weighted by Crippen LogP contribution is -2.16. The van der Waals surface area contributed by atoms with E-state index >= 15 is 0 Å². The molecule has 1 atom stereocenters. The Labute approximate surface area is 148 Å². The van der Waals surface area contributed by atoms with Gasteiger partial charge in [0.25, 0.3) is 0 Å². The van der Waals surface area contributed by atoms with Crippen LogP contribution >= 0.6 is 0 Å². The van der Waals surface area contributed by atoms with Crippen LogP contribution in [0, 0.1) is 10.1 Å². The van der Waals surface area contributed by atoms with Crippen LogP contribution in [-0.2, 0) is 5.41 Å². The molecule has 0 bridgehead atoms. The maximum atomic E-state index is 10.5. The monoisotopic (exact) mass is 333 g/mol. The predicted molar refractivity (Wildman–Crippen MR) is 102 cm³/mol. The quantitative estimate of drug-likeness (QED) is 0.234. The van der Waals surface area contributed by atoms with Gasteiger partial charge in [0.15, 0.2) is 0 Å². The maximum absolute atomic E-state index is 10.5. The van der Waals surface area contributed by atoms with Crippen LogP contribution in [0.1, 0.15) is 90.5 Å². The molecule has 0 amide bonds. The molecule has 0 N–H and O–H groups in total. The highest BCUT2D eigenvalue weighted by Gasteiger charge is 2.19. The van der Waals surface area contributed by atoms with Crippen LogP contribution in [0.4, 0.5) is 0 Å². The molecule has 1 rings (SSSR count). The second-order valence-corrected chi connectivity index (χ2v) is 7.75. The van der Waals surface area contributed by atoms with E-state index in [-0.39, 0.29) is 16.4 Å². The minimum absolute atomic E-state index is 0.170. The van der Waals surface area contributed by atoms with E-state index in [0.29, 0.717) is 0 Å². The van der Waals surface area contributed by atoms with Crippen molar-refractivity contribution in [2.45, 2.75) is 96.4 Å². The molecule has 1 aromatic carbocycles. The number of hydrogen-bond donors (Lipinski definition) is 0. The van der Waals surface area contributed by atoms with Gasteiger partial charge in [-0.3, -0.25) is 10.1 Å². The Hall–Kier alpha value is -1.38. The van der Waals surface area contributed by atoms with E-state index in [9.17, 15) is 10.1 Å². The molecule has 0 fully saturated rings. The highest BCUT2D eigenvalue weighted by Crippen LogP contribution is 2.29. The van der Waals surface area contributed by atoms with E-state index < -0.39 is 0 Å². The topological polar surface area (TPSA) is 43.1 Å². The van der Waals surface area contributed by atoms with Gasteiger partial charge >= 0.3 is 0 Å². The van der Waals surface area contributed by atoms with Gasteiger partial charge in [-0.2, -0.15) is 0 Å². The number of nitro groups is 1. The molecule has 1 aromatic rings. The molecule has 3 nitrogen and oxygen atoms in total. The first-order valence-corrected chi connectivity index (χ1v) is 9.62. The van der Waals surface area contributed by atoms with Crippen molar-refractivity contribution < 1.29 is 4.92 Å². The third-order valence-electron chi connectivity index (χ3n) is 5.09. The Kier molecular flexibility index (Phi) is 9.66. The number of unbranched alkanes of at least 4 members (excludes halogenated alkanes) is 7. The summed E-state index contributed by atoms with van der Waals surface area (Å²) in [5.41, 5.74) is 1.71. The molecule has 0 radical (unpaired) electrons. The van der Waals surface area contributed by atoms with E-state index in [2.05, 4.69) is 44.2 Å². The SMILES string of the molecule is CC(CCCCCCCCCCC(C)(C)c1ccccc1)[N+](=O)[O-]. The average molecular weight is 334 g/mol. The summed E-state index contributed by atoms with van der Waals surface area (Å²) in [6.45, 7) is 6.39. The molecule has 0 saturated carbocycles. The summed E-state index contributed by atoms with van der Waals surface area (Å²) in [5.74, 6) is 0. The standard InChI is InChI=1S/C21H35NO2/c1-19(22(23)24)15-11-8-6-4-5-7-9-14-18-21(2,3)20-16-12-10-13-17-20/h10,12-13,16-17,19H,4-9,11,14-15,18H2,1-3H3. The van der Waals surface area contributed by atoms with E-state index in [1.807, 2.05) is 0 Å². The third kappa shape index (κ3) is 8.47. The Morgan fingerprint density at radius 1 is 0.917 bits per heavy atom. The fourth-order valence-corrected chi connectivity index (χ4v) is 3.21. The van der Waals surface area contributed by atoms with E-state index in [1.54, 1.807) is 6.92 Å². The van der Waals surface area contributed by atoms with E-state index in [1.165, 1.54) is 50.5 Å². The normalized spacial score (nSPS) is 13.0. The smallest absolute Gasteiger partial charge is 0.210 e. The summed E-state index contributed by atoms with van der Waals surface area (Å²) in [7, 11) is 0. The highest BCUT2D eigenvalue weighted by molar-refractivity contribution is 5.23. The molecule has 0 saturated heterocycles. The van der Waals surface area contributed by atoms with Crippen molar-refractivity contribution in [2.24, 2.45) is 0 Å². The summed E-state index contributed by atoms with van der Waals surface area (Å²) in [6, 6.07) is 10.4. The first-order valence-electron chi connectivity index (χ1n) is 9.62. The first-order chi connectivity index (χ1) is 11.4. The first kappa shape index (κ1) is 20.7. The summed E-state index contributed by atoms with van der Waals surface area (Å²) < 4.78 is 0. The third-order valence-corrected chi connectivity index (χ3v) is 5.09. The number of benzene rings is 1. The minimum Gasteiger partial charge on any atom is -0.264 e. The second-order valence-electron chi connectivity index (χ2n) is 7.75. The van der Waals surface area contributed by atoms with Gasteiger partial charge < -0.3 is 0 Å². The fraction of sp³-hybridized carbons (Fsp3) is 0.714. The van der Waals surface area contributed by atoms with Gasteiger partial charge in [-0.1, -0.05) is 89.1 Å². The van der Waals surface area contributed by atoms with Crippen LogP contribution in [0.3, 0.4) is 0 Å². The molecule has 0 heterocycles. The van der Waals surface area contributed by atoms with Gasteiger partial charge in [0.1, 0.15) is 0 Å². The molecular formula is C21H35NO2. The predicted octanol–water partition coefficient (Wildman–Crippen LogP) is 6.53. The molecule has 3 heteroatoms. The van der Waals surface area contributed by atoms with E-state index in [4.69, 9.17) is 0 Å². The zero-order chi connectivity index (χ0) is 17.8. The highest BCUT2D eigenvalue weighted by atomic mass is 16.6. The zero-order valence-corrected chi connectivity index (χ0v) is 15.8. The van der Waals surface area contributed by atoms with Crippen molar-refractivity contribution in [3.8, 4) is 0 Å². The maximum Gasteiger partial charge on any atom is 0.210 e. The van der Waals surface area contributed by atoms with Gasteiger partial charge in [-0.25, -0.2) is 0 Å². The van der Waals surface area contributed by atoms with Crippen LogP contribution in [-0.4, -0.2) is 11.0 Å². The minimum atomic E-state index is -0.377. The molecule has 0 aromatic heterocycles. The van der Waals surface area contributed by atoms with Gasteiger partial charge in [0, 0.05) is 18.3 Å². The van der Waals surface area contributed by atoms with Crippen LogP contribution in [0.5, 0.6) is 0 Å². The molecule has 0 spiro atoms.